The highest BCUT2D eigenvalue weighted by atomic mass is 35.5. The van der Waals surface area contributed by atoms with E-state index in [-0.39, 0.29) is 12.3 Å². The summed E-state index contributed by atoms with van der Waals surface area (Å²) in [5, 5.41) is 4.13. The Morgan fingerprint density at radius 1 is 1.06 bits per heavy atom. The number of benzene rings is 1. The Balaban J connectivity index is 2.87. The van der Waals surface area contributed by atoms with Crippen LogP contribution in [0.1, 0.15) is 32.4 Å². The van der Waals surface area contributed by atoms with Crippen molar-refractivity contribution in [3.63, 3.8) is 0 Å². The molecule has 0 aliphatic carbocycles. The molecule has 0 saturated carbocycles. The minimum atomic E-state index is -0.277. The first kappa shape index (κ1) is 15.4. The maximum Gasteiger partial charge on any atom is 0.176 e. The second-order valence-electron chi connectivity index (χ2n) is 3.87. The Labute approximate surface area is 114 Å². The number of halogens is 1. The normalized spacial score (nSPS) is 12.9. The molecule has 1 rings (SSSR count). The minimum Gasteiger partial charge on any atom is -0.351 e. The van der Waals surface area contributed by atoms with Crippen LogP contribution in [0, 0.1) is 0 Å². The maximum atomic E-state index is 5.91. The summed E-state index contributed by atoms with van der Waals surface area (Å²) in [6.45, 7) is 8.11. The second-order valence-corrected chi connectivity index (χ2v) is 4.30. The molecule has 0 aliphatic heterocycles. The maximum absolute atomic E-state index is 5.91. The van der Waals surface area contributed by atoms with Crippen molar-refractivity contribution in [2.24, 2.45) is 0 Å². The van der Waals surface area contributed by atoms with Crippen molar-refractivity contribution in [2.75, 3.05) is 19.8 Å². The van der Waals surface area contributed by atoms with Crippen LogP contribution in [0.4, 0.5) is 0 Å². The van der Waals surface area contributed by atoms with E-state index in [9.17, 15) is 0 Å². The first-order valence-corrected chi connectivity index (χ1v) is 6.82. The highest BCUT2D eigenvalue weighted by molar-refractivity contribution is 6.30. The number of likely N-dealkylation sites (N-methyl/N-ethyl adjacent to an activating group) is 1. The van der Waals surface area contributed by atoms with Crippen molar-refractivity contribution in [1.29, 1.82) is 0 Å². The number of ether oxygens (including phenoxy) is 2. The van der Waals surface area contributed by atoms with Gasteiger partial charge in [-0.2, -0.15) is 0 Å². The lowest BCUT2D eigenvalue weighted by molar-refractivity contribution is -0.155. The smallest absolute Gasteiger partial charge is 0.176 e. The van der Waals surface area contributed by atoms with Crippen molar-refractivity contribution in [1.82, 2.24) is 5.32 Å². The van der Waals surface area contributed by atoms with E-state index in [1.807, 2.05) is 38.1 Å². The second kappa shape index (κ2) is 8.48. The summed E-state index contributed by atoms with van der Waals surface area (Å²) < 4.78 is 11.3. The number of rotatable bonds is 8. The summed E-state index contributed by atoms with van der Waals surface area (Å²) in [5.41, 5.74) is 1.12. The summed E-state index contributed by atoms with van der Waals surface area (Å²) >= 11 is 5.91. The van der Waals surface area contributed by atoms with Crippen LogP contribution in [0.3, 0.4) is 0 Å². The van der Waals surface area contributed by atoms with Crippen LogP contribution in [0.2, 0.25) is 5.02 Å². The minimum absolute atomic E-state index is 0.0205. The van der Waals surface area contributed by atoms with Crippen molar-refractivity contribution in [2.45, 2.75) is 33.1 Å². The van der Waals surface area contributed by atoms with Gasteiger partial charge in [-0.3, -0.25) is 0 Å². The van der Waals surface area contributed by atoms with Crippen LogP contribution in [0.5, 0.6) is 0 Å². The molecule has 0 spiro atoms. The molecule has 1 N–H and O–H groups in total. The largest absolute Gasteiger partial charge is 0.351 e. The molecule has 102 valence electrons. The van der Waals surface area contributed by atoms with Gasteiger partial charge in [-0.1, -0.05) is 30.7 Å². The monoisotopic (exact) mass is 271 g/mol. The van der Waals surface area contributed by atoms with Crippen LogP contribution in [-0.2, 0) is 9.47 Å². The van der Waals surface area contributed by atoms with Crippen LogP contribution in [-0.4, -0.2) is 26.0 Å². The van der Waals surface area contributed by atoms with Gasteiger partial charge >= 0.3 is 0 Å². The molecule has 0 fully saturated rings. The van der Waals surface area contributed by atoms with E-state index in [0.29, 0.717) is 13.2 Å². The summed E-state index contributed by atoms with van der Waals surface area (Å²) in [6.07, 6.45) is -0.277. The van der Waals surface area contributed by atoms with E-state index in [1.54, 1.807) is 0 Å². The third-order valence-electron chi connectivity index (χ3n) is 2.59. The first-order chi connectivity index (χ1) is 8.72. The van der Waals surface area contributed by atoms with Gasteiger partial charge in [0.15, 0.2) is 6.29 Å². The molecule has 0 aliphatic rings. The van der Waals surface area contributed by atoms with E-state index < -0.39 is 0 Å². The van der Waals surface area contributed by atoms with Crippen molar-refractivity contribution in [3.05, 3.63) is 34.9 Å². The molecule has 1 unspecified atom stereocenters. The van der Waals surface area contributed by atoms with Crippen LogP contribution in [0.25, 0.3) is 0 Å². The SMILES string of the molecule is CCNC(c1ccc(Cl)cc1)C(OCC)OCC. The molecule has 1 atom stereocenters. The molecule has 0 heterocycles. The lowest BCUT2D eigenvalue weighted by Crippen LogP contribution is -2.36. The third-order valence-corrected chi connectivity index (χ3v) is 2.84. The van der Waals surface area contributed by atoms with Crippen LogP contribution < -0.4 is 5.32 Å². The first-order valence-electron chi connectivity index (χ1n) is 6.44. The molecule has 0 radical (unpaired) electrons. The van der Waals surface area contributed by atoms with Gasteiger partial charge in [-0.05, 0) is 38.1 Å². The third kappa shape index (κ3) is 4.58. The zero-order chi connectivity index (χ0) is 13.4. The molecule has 1 aromatic rings. The van der Waals surface area contributed by atoms with Gasteiger partial charge in [0.1, 0.15) is 0 Å². The van der Waals surface area contributed by atoms with Gasteiger partial charge in [0.2, 0.25) is 0 Å². The summed E-state index contributed by atoms with van der Waals surface area (Å²) in [6, 6.07) is 7.79. The summed E-state index contributed by atoms with van der Waals surface area (Å²) in [5.74, 6) is 0. The molecule has 4 heteroatoms. The average Bonchev–Trinajstić information content (AvgIpc) is 2.37. The fraction of sp³-hybridized carbons (Fsp3) is 0.571. The van der Waals surface area contributed by atoms with Crippen LogP contribution in [0.15, 0.2) is 24.3 Å². The predicted molar refractivity (Wildman–Crippen MR) is 74.9 cm³/mol. The Morgan fingerprint density at radius 3 is 2.06 bits per heavy atom. The fourth-order valence-corrected chi connectivity index (χ4v) is 1.96. The fourth-order valence-electron chi connectivity index (χ4n) is 1.83. The van der Waals surface area contributed by atoms with Crippen molar-refractivity contribution < 1.29 is 9.47 Å². The lowest BCUT2D eigenvalue weighted by Gasteiger charge is -2.27. The topological polar surface area (TPSA) is 30.5 Å². The molecular formula is C14H22ClNO2. The molecule has 1 aromatic carbocycles. The van der Waals surface area contributed by atoms with Gasteiger partial charge in [0, 0.05) is 18.2 Å². The Hall–Kier alpha value is -0.610. The molecule has 0 aromatic heterocycles. The molecule has 0 amide bonds. The van der Waals surface area contributed by atoms with E-state index in [1.165, 1.54) is 0 Å². The summed E-state index contributed by atoms with van der Waals surface area (Å²) in [4.78, 5) is 0. The molecular weight excluding hydrogens is 250 g/mol. The molecule has 0 saturated heterocycles. The van der Waals surface area contributed by atoms with Gasteiger partial charge in [0.05, 0.1) is 6.04 Å². The van der Waals surface area contributed by atoms with Gasteiger partial charge in [0.25, 0.3) is 0 Å². The molecule has 0 bridgehead atoms. The Morgan fingerprint density at radius 2 is 1.61 bits per heavy atom. The zero-order valence-corrected chi connectivity index (χ0v) is 12.0. The van der Waals surface area contributed by atoms with Gasteiger partial charge < -0.3 is 14.8 Å². The standard InChI is InChI=1S/C14H22ClNO2/c1-4-16-13(14(17-5-2)18-6-3)11-7-9-12(15)10-8-11/h7-10,13-14,16H,4-6H2,1-3H3. The summed E-state index contributed by atoms with van der Waals surface area (Å²) in [7, 11) is 0. The highest BCUT2D eigenvalue weighted by Crippen LogP contribution is 2.22. The van der Waals surface area contributed by atoms with Gasteiger partial charge in [-0.25, -0.2) is 0 Å². The van der Waals surface area contributed by atoms with E-state index in [2.05, 4.69) is 12.2 Å². The number of hydrogen-bond donors (Lipinski definition) is 1. The van der Waals surface area contributed by atoms with E-state index in [0.717, 1.165) is 17.1 Å². The predicted octanol–water partition coefficient (Wildman–Crippen LogP) is 3.39. The van der Waals surface area contributed by atoms with Crippen LogP contribution >= 0.6 is 11.6 Å². The number of hydrogen-bond acceptors (Lipinski definition) is 3. The zero-order valence-electron chi connectivity index (χ0n) is 11.3. The van der Waals surface area contributed by atoms with Crippen molar-refractivity contribution >= 4 is 11.6 Å². The van der Waals surface area contributed by atoms with Crippen molar-refractivity contribution in [3.8, 4) is 0 Å². The number of nitrogens with one attached hydrogen (secondary N) is 1. The molecule has 3 nitrogen and oxygen atoms in total. The Kier molecular flexibility index (Phi) is 7.28. The van der Waals surface area contributed by atoms with E-state index in [4.69, 9.17) is 21.1 Å². The Bertz CT molecular complexity index is 323. The lowest BCUT2D eigenvalue weighted by atomic mass is 10.1. The van der Waals surface area contributed by atoms with Gasteiger partial charge in [-0.15, -0.1) is 0 Å². The molecule has 18 heavy (non-hydrogen) atoms. The highest BCUT2D eigenvalue weighted by Gasteiger charge is 2.23. The quantitative estimate of drug-likeness (QED) is 0.735. The van der Waals surface area contributed by atoms with E-state index >= 15 is 0 Å². The average molecular weight is 272 g/mol.